The molecule has 0 saturated heterocycles. The van der Waals surface area contributed by atoms with E-state index in [4.69, 9.17) is 16.0 Å². The molecule has 1 aromatic carbocycles. The topological polar surface area (TPSA) is 80.0 Å². The normalized spacial score (nSPS) is 11.3. The van der Waals surface area contributed by atoms with E-state index < -0.39 is 22.7 Å². The Kier molecular flexibility index (Phi) is 5.31. The highest BCUT2D eigenvalue weighted by Gasteiger charge is 2.33. The molecule has 140 valence electrons. The number of halogens is 4. The number of nitrogens with one attached hydrogen (secondary N) is 2. The van der Waals surface area contributed by atoms with Gasteiger partial charge >= 0.3 is 6.18 Å². The average Bonchev–Trinajstić information content (AvgIpc) is 3.14. The van der Waals surface area contributed by atoms with Crippen molar-refractivity contribution in [1.29, 1.82) is 0 Å². The van der Waals surface area contributed by atoms with Crippen molar-refractivity contribution in [1.82, 2.24) is 9.97 Å². The smallest absolute Gasteiger partial charge is 0.417 e. The van der Waals surface area contributed by atoms with E-state index in [0.717, 1.165) is 12.1 Å². The van der Waals surface area contributed by atoms with Gasteiger partial charge in [-0.2, -0.15) is 13.2 Å². The molecule has 0 unspecified atom stereocenters. The Hall–Kier alpha value is -3.07. The highest BCUT2D eigenvalue weighted by molar-refractivity contribution is 6.31. The number of hydrogen-bond donors (Lipinski definition) is 2. The van der Waals surface area contributed by atoms with Crippen molar-refractivity contribution in [3.8, 4) is 0 Å². The second-order valence-corrected chi connectivity index (χ2v) is 5.77. The lowest BCUT2D eigenvalue weighted by atomic mass is 10.2. The molecule has 2 aromatic heterocycles. The van der Waals surface area contributed by atoms with Crippen molar-refractivity contribution < 1.29 is 22.4 Å². The minimum Gasteiger partial charge on any atom is -0.467 e. The van der Waals surface area contributed by atoms with Crippen molar-refractivity contribution in [2.24, 2.45) is 0 Å². The van der Waals surface area contributed by atoms with Gasteiger partial charge < -0.3 is 15.1 Å². The lowest BCUT2D eigenvalue weighted by Gasteiger charge is -2.11. The Bertz CT molecular complexity index is 928. The summed E-state index contributed by atoms with van der Waals surface area (Å²) in [4.78, 5) is 20.1. The maximum Gasteiger partial charge on any atom is 0.417 e. The van der Waals surface area contributed by atoms with Crippen LogP contribution in [-0.2, 0) is 12.7 Å². The first-order chi connectivity index (χ1) is 12.8. The predicted octanol–water partition coefficient (Wildman–Crippen LogP) is 4.61. The van der Waals surface area contributed by atoms with Crippen molar-refractivity contribution in [3.05, 3.63) is 71.0 Å². The standard InChI is InChI=1S/C17H12ClF3N4O2/c18-13-4-3-10(6-12(13)17(19,20)21)25-16(26)14-8-24-15(9-22-14)23-7-11-2-1-5-27-11/h1-6,8-9H,7H2,(H,23,24)(H,25,26). The number of carbonyl (C=O) groups excluding carboxylic acids is 1. The first-order valence-corrected chi connectivity index (χ1v) is 7.97. The lowest BCUT2D eigenvalue weighted by molar-refractivity contribution is -0.137. The van der Waals surface area contributed by atoms with Gasteiger partial charge in [-0.25, -0.2) is 9.97 Å². The van der Waals surface area contributed by atoms with Gasteiger partial charge in [0.25, 0.3) is 5.91 Å². The lowest BCUT2D eigenvalue weighted by Crippen LogP contribution is -2.15. The minimum absolute atomic E-state index is 0.0537. The molecule has 0 bridgehead atoms. The molecule has 0 fully saturated rings. The third-order valence-corrected chi connectivity index (χ3v) is 3.77. The Morgan fingerprint density at radius 3 is 2.63 bits per heavy atom. The van der Waals surface area contributed by atoms with Crippen LogP contribution < -0.4 is 10.6 Å². The fraction of sp³-hybridized carbons (Fsp3) is 0.118. The van der Waals surface area contributed by atoms with Gasteiger partial charge in [-0.15, -0.1) is 0 Å². The Morgan fingerprint density at radius 2 is 2.00 bits per heavy atom. The minimum atomic E-state index is -4.63. The molecule has 3 rings (SSSR count). The van der Waals surface area contributed by atoms with Gasteiger partial charge in [-0.1, -0.05) is 11.6 Å². The number of nitrogens with zero attached hydrogens (tertiary/aromatic N) is 2. The van der Waals surface area contributed by atoms with Crippen LogP contribution in [-0.4, -0.2) is 15.9 Å². The summed E-state index contributed by atoms with van der Waals surface area (Å²) in [5, 5.41) is 4.84. The molecule has 0 atom stereocenters. The van der Waals surface area contributed by atoms with Gasteiger partial charge in [-0.05, 0) is 30.3 Å². The molecule has 0 aliphatic rings. The van der Waals surface area contributed by atoms with E-state index in [9.17, 15) is 18.0 Å². The van der Waals surface area contributed by atoms with Crippen molar-refractivity contribution >= 4 is 29.0 Å². The van der Waals surface area contributed by atoms with Gasteiger partial charge in [0.15, 0.2) is 0 Å². The molecule has 3 aromatic rings. The first kappa shape index (κ1) is 18.7. The van der Waals surface area contributed by atoms with Crippen LogP contribution in [0.1, 0.15) is 21.8 Å². The molecule has 6 nitrogen and oxygen atoms in total. The number of rotatable bonds is 5. The number of carbonyl (C=O) groups is 1. The molecule has 0 spiro atoms. The second kappa shape index (κ2) is 7.67. The third-order valence-electron chi connectivity index (χ3n) is 3.44. The number of alkyl halides is 3. The van der Waals surface area contributed by atoms with Crippen molar-refractivity contribution in [2.75, 3.05) is 10.6 Å². The van der Waals surface area contributed by atoms with E-state index in [1.165, 1.54) is 24.7 Å². The summed E-state index contributed by atoms with van der Waals surface area (Å²) in [5.74, 6) is 0.408. The van der Waals surface area contributed by atoms with Crippen LogP contribution in [0.2, 0.25) is 5.02 Å². The summed E-state index contributed by atoms with van der Waals surface area (Å²) in [5.41, 5.74) is -1.15. The Balaban J connectivity index is 1.66. The van der Waals surface area contributed by atoms with E-state index in [2.05, 4.69) is 20.6 Å². The third kappa shape index (κ3) is 4.76. The molecule has 2 N–H and O–H groups in total. The van der Waals surface area contributed by atoms with Gasteiger partial charge in [0.2, 0.25) is 0 Å². The monoisotopic (exact) mass is 396 g/mol. The molecule has 0 aliphatic heterocycles. The number of benzene rings is 1. The molecule has 0 aliphatic carbocycles. The zero-order valence-electron chi connectivity index (χ0n) is 13.5. The second-order valence-electron chi connectivity index (χ2n) is 5.37. The number of anilines is 2. The average molecular weight is 397 g/mol. The maximum atomic E-state index is 12.9. The highest BCUT2D eigenvalue weighted by Crippen LogP contribution is 2.36. The SMILES string of the molecule is O=C(Nc1ccc(Cl)c(C(F)(F)F)c1)c1cnc(NCc2ccco2)cn1. The summed E-state index contributed by atoms with van der Waals surface area (Å²) in [6.45, 7) is 0.387. The summed E-state index contributed by atoms with van der Waals surface area (Å²) >= 11 is 5.55. The van der Waals surface area contributed by atoms with E-state index in [1.54, 1.807) is 12.1 Å². The molecular weight excluding hydrogens is 385 g/mol. The maximum absolute atomic E-state index is 12.9. The molecular formula is C17H12ClF3N4O2. The summed E-state index contributed by atoms with van der Waals surface area (Å²) in [6, 6.07) is 6.61. The highest BCUT2D eigenvalue weighted by atomic mass is 35.5. The quantitative estimate of drug-likeness (QED) is 0.658. The fourth-order valence-corrected chi connectivity index (χ4v) is 2.37. The molecule has 0 radical (unpaired) electrons. The van der Waals surface area contributed by atoms with Gasteiger partial charge in [0.1, 0.15) is 17.3 Å². The Labute approximate surface area is 156 Å². The van der Waals surface area contributed by atoms with Crippen molar-refractivity contribution in [3.63, 3.8) is 0 Å². The molecule has 1 amide bonds. The molecule has 2 heterocycles. The number of hydrogen-bond acceptors (Lipinski definition) is 5. The van der Waals surface area contributed by atoms with E-state index in [-0.39, 0.29) is 11.4 Å². The largest absolute Gasteiger partial charge is 0.467 e. The molecule has 10 heteroatoms. The summed E-state index contributed by atoms with van der Waals surface area (Å²) < 4.78 is 43.8. The van der Waals surface area contributed by atoms with Crippen LogP contribution in [0.5, 0.6) is 0 Å². The van der Waals surface area contributed by atoms with Crippen LogP contribution in [0.25, 0.3) is 0 Å². The zero-order valence-corrected chi connectivity index (χ0v) is 14.3. The van der Waals surface area contributed by atoms with Crippen LogP contribution in [0.3, 0.4) is 0 Å². The zero-order chi connectivity index (χ0) is 19.4. The van der Waals surface area contributed by atoms with Gasteiger partial charge in [0.05, 0.1) is 35.8 Å². The van der Waals surface area contributed by atoms with Gasteiger partial charge in [0, 0.05) is 5.69 Å². The van der Waals surface area contributed by atoms with Crippen LogP contribution in [0.15, 0.2) is 53.4 Å². The predicted molar refractivity (Wildman–Crippen MR) is 92.5 cm³/mol. The van der Waals surface area contributed by atoms with Crippen LogP contribution in [0.4, 0.5) is 24.7 Å². The summed E-state index contributed by atoms with van der Waals surface area (Å²) in [7, 11) is 0. The van der Waals surface area contributed by atoms with Crippen LogP contribution in [0, 0.1) is 0 Å². The first-order valence-electron chi connectivity index (χ1n) is 7.59. The fourth-order valence-electron chi connectivity index (χ4n) is 2.14. The summed E-state index contributed by atoms with van der Waals surface area (Å²) in [6.07, 6.45) is -0.544. The molecule has 0 saturated carbocycles. The van der Waals surface area contributed by atoms with E-state index in [1.807, 2.05) is 0 Å². The number of aromatic nitrogens is 2. The number of amides is 1. The Morgan fingerprint density at radius 1 is 1.19 bits per heavy atom. The van der Waals surface area contributed by atoms with Crippen molar-refractivity contribution in [2.45, 2.75) is 12.7 Å². The number of furan rings is 1. The molecule has 27 heavy (non-hydrogen) atoms. The van der Waals surface area contributed by atoms with E-state index in [0.29, 0.717) is 18.1 Å². The van der Waals surface area contributed by atoms with Crippen LogP contribution >= 0.6 is 11.6 Å². The van der Waals surface area contributed by atoms with Gasteiger partial charge in [-0.3, -0.25) is 4.79 Å². The van der Waals surface area contributed by atoms with E-state index >= 15 is 0 Å².